The summed E-state index contributed by atoms with van der Waals surface area (Å²) in [5.41, 5.74) is 1.98. The second-order valence-electron chi connectivity index (χ2n) is 6.05. The highest BCUT2D eigenvalue weighted by Gasteiger charge is 2.47. The predicted octanol–water partition coefficient (Wildman–Crippen LogP) is 4.30. The Bertz CT molecular complexity index is 681. The molecule has 1 aliphatic heterocycles. The molecule has 2 aromatic carbocycles. The zero-order valence-electron chi connectivity index (χ0n) is 13.7. The van der Waals surface area contributed by atoms with Gasteiger partial charge in [0.1, 0.15) is 0 Å². The molecule has 0 spiro atoms. The largest absolute Gasteiger partial charge is 0.468 e. The van der Waals surface area contributed by atoms with E-state index in [4.69, 9.17) is 4.74 Å². The smallest absolute Gasteiger partial charge is 0.320 e. The Morgan fingerprint density at radius 1 is 1.00 bits per heavy atom. The number of ether oxygens (including phenoxy) is 1. The average Bonchev–Trinajstić information content (AvgIpc) is 2.98. The van der Waals surface area contributed by atoms with Gasteiger partial charge in [-0.25, -0.2) is 0 Å². The average molecular weight is 343 g/mol. The molecule has 0 radical (unpaired) electrons. The van der Waals surface area contributed by atoms with Crippen LogP contribution in [-0.4, -0.2) is 19.6 Å². The third-order valence-corrected chi connectivity index (χ3v) is 8.32. The van der Waals surface area contributed by atoms with Crippen LogP contribution in [0.5, 0.6) is 0 Å². The maximum atomic E-state index is 14.0. The standard InChI is InChI=1S/C19H22NO3P/c1-23-19(21)14-20-24(22)17(15-8-4-2-5-9-15)12-13-18(24)16-10-6-3-7-11-16/h2-11,17-18H,12-14H2,1H3,(H,20,22)/t17-,18-/m0/s1. The van der Waals surface area contributed by atoms with Gasteiger partial charge in [0, 0.05) is 0 Å². The van der Waals surface area contributed by atoms with Crippen molar-refractivity contribution in [2.24, 2.45) is 0 Å². The molecule has 1 saturated heterocycles. The van der Waals surface area contributed by atoms with Crippen molar-refractivity contribution in [3.63, 3.8) is 0 Å². The van der Waals surface area contributed by atoms with E-state index in [9.17, 15) is 9.36 Å². The fraction of sp³-hybridized carbons (Fsp3) is 0.316. The van der Waals surface area contributed by atoms with Gasteiger partial charge < -0.3 is 9.30 Å². The molecular weight excluding hydrogens is 321 g/mol. The van der Waals surface area contributed by atoms with Gasteiger partial charge in [0.2, 0.25) is 0 Å². The maximum Gasteiger partial charge on any atom is 0.320 e. The maximum absolute atomic E-state index is 14.0. The molecule has 3 rings (SSSR count). The Morgan fingerprint density at radius 3 is 1.88 bits per heavy atom. The highest BCUT2D eigenvalue weighted by atomic mass is 31.2. The molecule has 1 fully saturated rings. The number of benzene rings is 2. The Kier molecular flexibility index (Phi) is 5.17. The van der Waals surface area contributed by atoms with Crippen molar-refractivity contribution in [1.29, 1.82) is 0 Å². The first kappa shape index (κ1) is 16.9. The van der Waals surface area contributed by atoms with Crippen LogP contribution in [0, 0.1) is 0 Å². The lowest BCUT2D eigenvalue weighted by Crippen LogP contribution is -2.24. The number of carbonyl (C=O) groups is 1. The van der Waals surface area contributed by atoms with Gasteiger partial charge >= 0.3 is 5.97 Å². The first-order chi connectivity index (χ1) is 11.6. The minimum atomic E-state index is -2.85. The Morgan fingerprint density at radius 2 is 1.46 bits per heavy atom. The molecule has 126 valence electrons. The van der Waals surface area contributed by atoms with Crippen molar-refractivity contribution in [2.45, 2.75) is 24.2 Å². The molecule has 1 N–H and O–H groups in total. The number of hydrogen-bond acceptors (Lipinski definition) is 3. The second kappa shape index (κ2) is 7.33. The van der Waals surface area contributed by atoms with Gasteiger partial charge in [-0.05, 0) is 24.0 Å². The van der Waals surface area contributed by atoms with E-state index >= 15 is 0 Å². The first-order valence-corrected chi connectivity index (χ1v) is 10.0. The SMILES string of the molecule is COC(=O)CNP1(=O)[C@H](c2ccccc2)CC[C@H]1c1ccccc1. The third-order valence-electron chi connectivity index (χ3n) is 4.71. The van der Waals surface area contributed by atoms with Crippen LogP contribution in [0.2, 0.25) is 0 Å². The molecule has 1 aliphatic rings. The van der Waals surface area contributed by atoms with Crippen LogP contribution in [0.25, 0.3) is 0 Å². The van der Waals surface area contributed by atoms with E-state index in [0.29, 0.717) is 0 Å². The zero-order chi connectivity index (χ0) is 17.0. The molecule has 0 aliphatic carbocycles. The summed E-state index contributed by atoms with van der Waals surface area (Å²) in [5.74, 6) is -0.393. The molecule has 5 heteroatoms. The van der Waals surface area contributed by atoms with Crippen LogP contribution in [0.3, 0.4) is 0 Å². The van der Waals surface area contributed by atoms with Crippen LogP contribution in [0.4, 0.5) is 0 Å². The summed E-state index contributed by atoms with van der Waals surface area (Å²) >= 11 is 0. The molecule has 1 heterocycles. The molecular formula is C19H22NO3P. The highest BCUT2D eigenvalue weighted by molar-refractivity contribution is 7.63. The second-order valence-corrected chi connectivity index (χ2v) is 9.03. The van der Waals surface area contributed by atoms with Crippen molar-refractivity contribution in [3.8, 4) is 0 Å². The summed E-state index contributed by atoms with van der Waals surface area (Å²) in [6.07, 6.45) is 1.68. The molecule has 4 nitrogen and oxygen atoms in total. The molecule has 0 amide bonds. The fourth-order valence-corrected chi connectivity index (χ4v) is 7.07. The zero-order valence-corrected chi connectivity index (χ0v) is 14.6. The number of rotatable bonds is 5. The lowest BCUT2D eigenvalue weighted by molar-refractivity contribution is -0.139. The molecule has 2 atom stereocenters. The van der Waals surface area contributed by atoms with E-state index in [2.05, 4.69) is 5.09 Å². The van der Waals surface area contributed by atoms with E-state index in [1.165, 1.54) is 7.11 Å². The Balaban J connectivity index is 1.95. The van der Waals surface area contributed by atoms with E-state index in [-0.39, 0.29) is 17.9 Å². The van der Waals surface area contributed by atoms with Gasteiger partial charge in [-0.2, -0.15) is 0 Å². The van der Waals surface area contributed by atoms with Crippen LogP contribution in [0.15, 0.2) is 60.7 Å². The Hall–Kier alpha value is -1.90. The number of nitrogens with one attached hydrogen (secondary N) is 1. The summed E-state index contributed by atoms with van der Waals surface area (Å²) in [6.45, 7) is -0.0273. The van der Waals surface area contributed by atoms with Gasteiger partial charge in [0.15, 0.2) is 7.29 Å². The molecule has 0 bridgehead atoms. The number of carbonyl (C=O) groups excluding carboxylic acids is 1. The summed E-state index contributed by atoms with van der Waals surface area (Å²) in [5, 5.41) is 3.09. The van der Waals surface area contributed by atoms with Crippen molar-refractivity contribution in [3.05, 3.63) is 71.8 Å². The molecule has 24 heavy (non-hydrogen) atoms. The van der Waals surface area contributed by atoms with E-state index < -0.39 is 13.3 Å². The first-order valence-electron chi connectivity index (χ1n) is 8.16. The number of methoxy groups -OCH3 is 1. The van der Waals surface area contributed by atoms with Gasteiger partial charge in [0.05, 0.1) is 25.0 Å². The van der Waals surface area contributed by atoms with Crippen molar-refractivity contribution in [2.75, 3.05) is 13.7 Å². The van der Waals surface area contributed by atoms with Gasteiger partial charge in [-0.15, -0.1) is 0 Å². The molecule has 0 aromatic heterocycles. The lowest BCUT2D eigenvalue weighted by atomic mass is 10.0. The summed E-state index contributed by atoms with van der Waals surface area (Å²) in [7, 11) is -1.51. The van der Waals surface area contributed by atoms with Gasteiger partial charge in [-0.1, -0.05) is 60.7 Å². The third kappa shape index (κ3) is 3.31. The summed E-state index contributed by atoms with van der Waals surface area (Å²) < 4.78 is 18.7. The fourth-order valence-electron chi connectivity index (χ4n) is 3.52. The summed E-state index contributed by atoms with van der Waals surface area (Å²) in [6, 6.07) is 19.9. The highest BCUT2D eigenvalue weighted by Crippen LogP contribution is 2.73. The normalized spacial score (nSPS) is 22.2. The molecule has 0 saturated carbocycles. The minimum Gasteiger partial charge on any atom is -0.468 e. The minimum absolute atomic E-state index is 0.0273. The molecule has 0 unspecified atom stereocenters. The number of hydrogen-bond donors (Lipinski definition) is 1. The van der Waals surface area contributed by atoms with Crippen LogP contribution in [0.1, 0.15) is 35.3 Å². The van der Waals surface area contributed by atoms with E-state index in [1.807, 2.05) is 60.7 Å². The van der Waals surface area contributed by atoms with Gasteiger partial charge in [0.25, 0.3) is 0 Å². The van der Waals surface area contributed by atoms with Crippen LogP contribution < -0.4 is 5.09 Å². The van der Waals surface area contributed by atoms with Crippen molar-refractivity contribution >= 4 is 13.3 Å². The molecule has 2 aromatic rings. The Labute approximate surface area is 142 Å². The quantitative estimate of drug-likeness (QED) is 0.649. The summed E-state index contributed by atoms with van der Waals surface area (Å²) in [4.78, 5) is 11.6. The predicted molar refractivity (Wildman–Crippen MR) is 95.2 cm³/mol. The van der Waals surface area contributed by atoms with Crippen molar-refractivity contribution < 1.29 is 14.1 Å². The van der Waals surface area contributed by atoms with Gasteiger partial charge in [-0.3, -0.25) is 9.88 Å². The van der Waals surface area contributed by atoms with E-state index in [0.717, 1.165) is 24.0 Å². The van der Waals surface area contributed by atoms with Crippen molar-refractivity contribution in [1.82, 2.24) is 5.09 Å². The van der Waals surface area contributed by atoms with Crippen LogP contribution >= 0.6 is 7.29 Å². The number of esters is 1. The topological polar surface area (TPSA) is 55.4 Å². The van der Waals surface area contributed by atoms with E-state index in [1.54, 1.807) is 0 Å². The lowest BCUT2D eigenvalue weighted by Gasteiger charge is -2.27. The monoisotopic (exact) mass is 343 g/mol. The van der Waals surface area contributed by atoms with Crippen LogP contribution in [-0.2, 0) is 14.1 Å².